The summed E-state index contributed by atoms with van der Waals surface area (Å²) in [6.07, 6.45) is -2.25. The molecule has 0 unspecified atom stereocenters. The number of aromatic nitrogens is 2. The molecule has 1 heterocycles. The number of carbonyl (C=O) groups excluding carboxylic acids is 1. The van der Waals surface area contributed by atoms with Crippen molar-refractivity contribution in [1.82, 2.24) is 9.36 Å². The van der Waals surface area contributed by atoms with Crippen LogP contribution in [0.25, 0.3) is 0 Å². The zero-order chi connectivity index (χ0) is 20.9. The van der Waals surface area contributed by atoms with Crippen LogP contribution < -0.4 is 5.49 Å². The molecule has 1 amide bonds. The lowest BCUT2D eigenvalue weighted by Crippen LogP contribution is -2.26. The molecule has 0 radical (unpaired) electrons. The van der Waals surface area contributed by atoms with E-state index in [0.29, 0.717) is 11.4 Å². The molecular formula is C20H23BrF3N3O. The molecule has 0 aliphatic heterocycles. The molecule has 0 bridgehead atoms. The number of benzene rings is 1. The van der Waals surface area contributed by atoms with Gasteiger partial charge in [-0.1, -0.05) is 20.8 Å². The van der Waals surface area contributed by atoms with E-state index in [9.17, 15) is 18.0 Å². The van der Waals surface area contributed by atoms with E-state index >= 15 is 0 Å². The Kier molecular flexibility index (Phi) is 5.38. The highest BCUT2D eigenvalue weighted by molar-refractivity contribution is 9.10. The van der Waals surface area contributed by atoms with Gasteiger partial charge in [-0.15, -0.1) is 0 Å². The molecule has 0 spiro atoms. The van der Waals surface area contributed by atoms with Crippen molar-refractivity contribution in [3.63, 3.8) is 0 Å². The van der Waals surface area contributed by atoms with Gasteiger partial charge in [-0.2, -0.15) is 18.2 Å². The number of nitrogens with zero attached hydrogens (tertiary/aromatic N) is 3. The lowest BCUT2D eigenvalue weighted by molar-refractivity contribution is -0.137. The van der Waals surface area contributed by atoms with E-state index in [1.165, 1.54) is 6.07 Å². The summed E-state index contributed by atoms with van der Waals surface area (Å²) in [4.78, 5) is 16.9. The van der Waals surface area contributed by atoms with Crippen LogP contribution in [0, 0.1) is 5.92 Å². The molecule has 1 aromatic carbocycles. The van der Waals surface area contributed by atoms with Gasteiger partial charge in [0.1, 0.15) is 0 Å². The molecule has 8 heteroatoms. The Hall–Kier alpha value is -1.83. The summed E-state index contributed by atoms with van der Waals surface area (Å²) >= 11 is 3.17. The number of halogens is 4. The van der Waals surface area contributed by atoms with Crippen molar-refractivity contribution < 1.29 is 18.0 Å². The summed E-state index contributed by atoms with van der Waals surface area (Å²) in [5.41, 5.74) is 0.335. The molecule has 1 aromatic heterocycles. The molecule has 152 valence electrons. The molecule has 1 fully saturated rings. The molecule has 28 heavy (non-hydrogen) atoms. The van der Waals surface area contributed by atoms with E-state index in [2.05, 4.69) is 41.7 Å². The smallest absolute Gasteiger partial charge is 0.291 e. The van der Waals surface area contributed by atoms with Crippen LogP contribution in [0.4, 0.5) is 13.2 Å². The van der Waals surface area contributed by atoms with Crippen molar-refractivity contribution in [3.05, 3.63) is 51.0 Å². The van der Waals surface area contributed by atoms with Crippen LogP contribution >= 0.6 is 15.9 Å². The van der Waals surface area contributed by atoms with Crippen molar-refractivity contribution in [2.24, 2.45) is 18.0 Å². The fraction of sp³-hybridized carbons (Fsp3) is 0.500. The zero-order valence-corrected chi connectivity index (χ0v) is 17.9. The summed E-state index contributed by atoms with van der Waals surface area (Å²) in [5.74, 6) is -0.149. The molecule has 4 nitrogen and oxygen atoms in total. The minimum atomic E-state index is -4.52. The van der Waals surface area contributed by atoms with Gasteiger partial charge in [-0.05, 0) is 52.9 Å². The fourth-order valence-corrected chi connectivity index (χ4v) is 3.57. The molecule has 1 saturated carbocycles. The van der Waals surface area contributed by atoms with E-state index in [1.54, 1.807) is 0 Å². The normalized spacial score (nSPS) is 15.9. The second kappa shape index (κ2) is 7.21. The van der Waals surface area contributed by atoms with Crippen molar-refractivity contribution >= 4 is 21.8 Å². The lowest BCUT2D eigenvalue weighted by Gasteiger charge is -2.20. The first kappa shape index (κ1) is 20.9. The van der Waals surface area contributed by atoms with Gasteiger partial charge in [0.05, 0.1) is 11.1 Å². The summed E-state index contributed by atoms with van der Waals surface area (Å²) in [6, 6.07) is 4.86. The lowest BCUT2D eigenvalue weighted by atomic mass is 9.92. The highest BCUT2D eigenvalue weighted by Gasteiger charge is 2.32. The van der Waals surface area contributed by atoms with Gasteiger partial charge in [-0.25, -0.2) is 0 Å². The SMILES string of the molecule is Cn1c(C(C)(C)C)c/c(=N\C(=O)c2cc(C(F)(F)F)ccc2Br)n1CC1CC1. The quantitative estimate of drug-likeness (QED) is 0.634. The molecule has 1 aliphatic rings. The van der Waals surface area contributed by atoms with Crippen LogP contribution in [0.5, 0.6) is 0 Å². The second-order valence-electron chi connectivity index (χ2n) is 8.30. The van der Waals surface area contributed by atoms with Gasteiger partial charge in [0, 0.05) is 35.2 Å². The van der Waals surface area contributed by atoms with E-state index in [4.69, 9.17) is 0 Å². The third-order valence-electron chi connectivity index (χ3n) is 4.88. The van der Waals surface area contributed by atoms with E-state index in [1.807, 2.05) is 22.5 Å². The van der Waals surface area contributed by atoms with Crippen LogP contribution in [0.2, 0.25) is 0 Å². The van der Waals surface area contributed by atoms with Crippen molar-refractivity contribution in [2.45, 2.75) is 51.7 Å². The predicted molar refractivity (Wildman–Crippen MR) is 104 cm³/mol. The predicted octanol–water partition coefficient (Wildman–Crippen LogP) is 5.06. The topological polar surface area (TPSA) is 39.3 Å². The number of hydrogen-bond acceptors (Lipinski definition) is 1. The Balaban J connectivity index is 2.09. The third-order valence-corrected chi connectivity index (χ3v) is 5.57. The maximum atomic E-state index is 13.0. The summed E-state index contributed by atoms with van der Waals surface area (Å²) < 4.78 is 43.3. The molecule has 3 rings (SSSR count). The first-order valence-electron chi connectivity index (χ1n) is 9.11. The minimum Gasteiger partial charge on any atom is -0.291 e. The summed E-state index contributed by atoms with van der Waals surface area (Å²) in [6.45, 7) is 6.94. The van der Waals surface area contributed by atoms with Gasteiger partial charge < -0.3 is 0 Å². The highest BCUT2D eigenvalue weighted by Crippen LogP contribution is 2.32. The van der Waals surface area contributed by atoms with Gasteiger partial charge >= 0.3 is 6.18 Å². The summed E-state index contributed by atoms with van der Waals surface area (Å²) in [7, 11) is 1.92. The molecule has 0 N–H and O–H groups in total. The number of amides is 1. The first-order valence-corrected chi connectivity index (χ1v) is 9.90. The molecule has 0 atom stereocenters. The largest absolute Gasteiger partial charge is 0.416 e. The zero-order valence-electron chi connectivity index (χ0n) is 16.3. The second-order valence-corrected chi connectivity index (χ2v) is 9.15. The van der Waals surface area contributed by atoms with E-state index in [0.717, 1.165) is 37.2 Å². The van der Waals surface area contributed by atoms with Crippen LogP contribution in [0.3, 0.4) is 0 Å². The number of rotatable bonds is 3. The van der Waals surface area contributed by atoms with E-state index in [-0.39, 0.29) is 15.5 Å². The van der Waals surface area contributed by atoms with Gasteiger partial charge in [-0.3, -0.25) is 14.2 Å². The monoisotopic (exact) mass is 457 g/mol. The van der Waals surface area contributed by atoms with Crippen LogP contribution in [-0.4, -0.2) is 15.3 Å². The fourth-order valence-electron chi connectivity index (χ4n) is 3.16. The first-order chi connectivity index (χ1) is 12.9. The molecule has 1 aliphatic carbocycles. The Morgan fingerprint density at radius 3 is 2.39 bits per heavy atom. The number of alkyl halides is 3. The van der Waals surface area contributed by atoms with Crippen molar-refractivity contribution in [1.29, 1.82) is 0 Å². The summed E-state index contributed by atoms with van der Waals surface area (Å²) in [5, 5.41) is 0. The standard InChI is InChI=1S/C20H23BrF3N3O/c1-19(2,3)16-10-17(27(26(16)4)11-12-5-6-12)25-18(28)14-9-13(20(22,23)24)7-8-15(14)21/h7-10,12H,5-6,11H2,1-4H3/b25-17+. The Morgan fingerprint density at radius 2 is 1.86 bits per heavy atom. The van der Waals surface area contributed by atoms with Crippen LogP contribution in [-0.2, 0) is 25.2 Å². The van der Waals surface area contributed by atoms with Gasteiger partial charge in [0.2, 0.25) is 0 Å². The maximum Gasteiger partial charge on any atom is 0.416 e. The average Bonchev–Trinajstić information content (AvgIpc) is 3.32. The van der Waals surface area contributed by atoms with Gasteiger partial charge in [0.25, 0.3) is 5.91 Å². The van der Waals surface area contributed by atoms with Crippen LogP contribution in [0.1, 0.15) is 55.2 Å². The maximum absolute atomic E-state index is 13.0. The third kappa shape index (κ3) is 4.42. The Bertz CT molecular complexity index is 976. The van der Waals surface area contributed by atoms with Gasteiger partial charge in [0.15, 0.2) is 5.49 Å². The molecule has 2 aromatic rings. The number of hydrogen-bond donors (Lipinski definition) is 0. The van der Waals surface area contributed by atoms with Crippen molar-refractivity contribution in [3.8, 4) is 0 Å². The van der Waals surface area contributed by atoms with Crippen molar-refractivity contribution in [2.75, 3.05) is 0 Å². The minimum absolute atomic E-state index is 0.103. The molecule has 0 saturated heterocycles. The Morgan fingerprint density at radius 1 is 1.21 bits per heavy atom. The molecular weight excluding hydrogens is 435 g/mol. The number of carbonyl (C=O) groups is 1. The van der Waals surface area contributed by atoms with E-state index < -0.39 is 17.6 Å². The average molecular weight is 458 g/mol. The van der Waals surface area contributed by atoms with Crippen LogP contribution in [0.15, 0.2) is 33.7 Å². The highest BCUT2D eigenvalue weighted by atomic mass is 79.9. The Labute approximate surface area is 170 Å².